The second-order valence-corrected chi connectivity index (χ2v) is 10.1. The lowest BCUT2D eigenvalue weighted by Gasteiger charge is -2.30. The summed E-state index contributed by atoms with van der Waals surface area (Å²) in [5.74, 6) is 0.422. The Morgan fingerprint density at radius 2 is 1.47 bits per heavy atom. The largest absolute Gasteiger partial charge is 0.378 e. The van der Waals surface area contributed by atoms with Crippen LogP contribution in [0.15, 0.2) is 72.8 Å². The maximum Gasteiger partial charge on any atom is 0.230 e. The second-order valence-electron chi connectivity index (χ2n) is 8.88. The zero-order valence-electron chi connectivity index (χ0n) is 18.9. The minimum absolute atomic E-state index is 0.149. The third-order valence-corrected chi connectivity index (χ3v) is 7.02. The molecule has 0 aliphatic heterocycles. The predicted octanol–water partition coefficient (Wildman–Crippen LogP) is 7.14. The summed E-state index contributed by atoms with van der Waals surface area (Å²) in [4.78, 5) is 17.6. The minimum Gasteiger partial charge on any atom is -0.378 e. The quantitative estimate of drug-likeness (QED) is 0.312. The molecule has 32 heavy (non-hydrogen) atoms. The number of anilines is 2. The van der Waals surface area contributed by atoms with E-state index in [4.69, 9.17) is 0 Å². The van der Waals surface area contributed by atoms with E-state index in [0.29, 0.717) is 6.54 Å². The van der Waals surface area contributed by atoms with Crippen LogP contribution in [0.4, 0.5) is 11.4 Å². The van der Waals surface area contributed by atoms with Crippen LogP contribution in [0.2, 0.25) is 0 Å². The van der Waals surface area contributed by atoms with Crippen LogP contribution >= 0.6 is 22.6 Å². The Hall–Kier alpha value is -2.34. The number of carbonyl (C=O) groups is 1. The first-order chi connectivity index (χ1) is 15.5. The first-order valence-electron chi connectivity index (χ1n) is 11.4. The average molecular weight is 538 g/mol. The molecule has 3 nitrogen and oxygen atoms in total. The van der Waals surface area contributed by atoms with Crippen molar-refractivity contribution in [1.29, 1.82) is 0 Å². The van der Waals surface area contributed by atoms with Crippen molar-refractivity contribution in [2.75, 3.05) is 23.9 Å². The van der Waals surface area contributed by atoms with Crippen molar-refractivity contribution in [2.24, 2.45) is 5.92 Å². The molecule has 1 amide bonds. The van der Waals surface area contributed by atoms with Gasteiger partial charge in [0.2, 0.25) is 5.91 Å². The Bertz CT molecular complexity index is 1040. The van der Waals surface area contributed by atoms with E-state index in [1.807, 2.05) is 11.0 Å². The fraction of sp³-hybridized carbons (Fsp3) is 0.321. The van der Waals surface area contributed by atoms with Gasteiger partial charge in [0.05, 0.1) is 6.54 Å². The maximum atomic E-state index is 13.5. The van der Waals surface area contributed by atoms with Gasteiger partial charge in [0.25, 0.3) is 0 Å². The number of amides is 1. The van der Waals surface area contributed by atoms with E-state index in [1.54, 1.807) is 0 Å². The maximum absolute atomic E-state index is 13.5. The van der Waals surface area contributed by atoms with Gasteiger partial charge < -0.3 is 9.80 Å². The summed E-state index contributed by atoms with van der Waals surface area (Å²) in [6.07, 6.45) is 5.61. The van der Waals surface area contributed by atoms with Crippen molar-refractivity contribution in [2.45, 2.75) is 38.6 Å². The van der Waals surface area contributed by atoms with Crippen LogP contribution in [-0.4, -0.2) is 20.0 Å². The molecule has 1 aliphatic carbocycles. The zero-order chi connectivity index (χ0) is 22.5. The van der Waals surface area contributed by atoms with Gasteiger partial charge in [-0.1, -0.05) is 61.7 Å². The van der Waals surface area contributed by atoms with Gasteiger partial charge in [-0.2, -0.15) is 0 Å². The van der Waals surface area contributed by atoms with Crippen molar-refractivity contribution < 1.29 is 4.79 Å². The molecule has 0 radical (unpaired) electrons. The van der Waals surface area contributed by atoms with Crippen LogP contribution in [0.1, 0.15) is 37.7 Å². The first kappa shape index (κ1) is 22.8. The molecule has 0 aromatic heterocycles. The Balaban J connectivity index is 1.55. The number of hydrogen-bond donors (Lipinski definition) is 0. The molecule has 4 rings (SSSR count). The van der Waals surface area contributed by atoms with Gasteiger partial charge in [-0.15, -0.1) is 0 Å². The Morgan fingerprint density at radius 3 is 2.06 bits per heavy atom. The van der Waals surface area contributed by atoms with Crippen LogP contribution in [0, 0.1) is 9.49 Å². The van der Waals surface area contributed by atoms with Gasteiger partial charge >= 0.3 is 0 Å². The smallest absolute Gasteiger partial charge is 0.230 e. The topological polar surface area (TPSA) is 23.6 Å². The molecule has 0 atom stereocenters. The predicted molar refractivity (Wildman–Crippen MR) is 143 cm³/mol. The highest BCUT2D eigenvalue weighted by molar-refractivity contribution is 14.1. The third-order valence-electron chi connectivity index (χ3n) is 6.35. The van der Waals surface area contributed by atoms with E-state index in [1.165, 1.54) is 23.2 Å². The van der Waals surface area contributed by atoms with Gasteiger partial charge in [-0.05, 0) is 82.5 Å². The number of hydrogen-bond acceptors (Lipinski definition) is 2. The van der Waals surface area contributed by atoms with Crippen molar-refractivity contribution in [3.05, 3.63) is 81.9 Å². The van der Waals surface area contributed by atoms with Gasteiger partial charge in [-0.25, -0.2) is 0 Å². The molecular formula is C28H31IN2O. The van der Waals surface area contributed by atoms with Crippen molar-refractivity contribution in [3.8, 4) is 11.1 Å². The van der Waals surface area contributed by atoms with Crippen LogP contribution < -0.4 is 9.80 Å². The van der Waals surface area contributed by atoms with Gasteiger partial charge in [0.1, 0.15) is 0 Å². The third kappa shape index (κ3) is 5.52. The van der Waals surface area contributed by atoms with Crippen molar-refractivity contribution in [3.63, 3.8) is 0 Å². The molecule has 0 bridgehead atoms. The molecule has 1 fully saturated rings. The number of carbonyl (C=O) groups excluding carboxylic acids is 1. The average Bonchev–Trinajstić information content (AvgIpc) is 2.83. The SMILES string of the molecule is CN(C)c1ccc(-c2ccc(CN(C(=O)C3CCCCC3)c3cccc(I)c3)cc2)cc1. The second kappa shape index (κ2) is 10.5. The summed E-state index contributed by atoms with van der Waals surface area (Å²) in [5.41, 5.74) is 5.74. The molecular weight excluding hydrogens is 507 g/mol. The molecule has 0 N–H and O–H groups in total. The lowest BCUT2D eigenvalue weighted by molar-refractivity contribution is -0.123. The van der Waals surface area contributed by atoms with E-state index < -0.39 is 0 Å². The van der Waals surface area contributed by atoms with E-state index in [2.05, 4.69) is 108 Å². The molecule has 4 heteroatoms. The summed E-state index contributed by atoms with van der Waals surface area (Å²) in [5, 5.41) is 0. The summed E-state index contributed by atoms with van der Waals surface area (Å²) >= 11 is 2.32. The Morgan fingerprint density at radius 1 is 0.844 bits per heavy atom. The Kier molecular flexibility index (Phi) is 7.51. The number of benzene rings is 3. The van der Waals surface area contributed by atoms with Crippen LogP contribution in [-0.2, 0) is 11.3 Å². The van der Waals surface area contributed by atoms with Crippen LogP contribution in [0.25, 0.3) is 11.1 Å². The summed E-state index contributed by atoms with van der Waals surface area (Å²) in [6, 6.07) is 25.5. The fourth-order valence-corrected chi connectivity index (χ4v) is 4.97. The molecule has 0 spiro atoms. The highest BCUT2D eigenvalue weighted by atomic mass is 127. The lowest BCUT2D eigenvalue weighted by Crippen LogP contribution is -2.36. The first-order valence-corrected chi connectivity index (χ1v) is 12.5. The molecule has 0 heterocycles. The summed E-state index contributed by atoms with van der Waals surface area (Å²) < 4.78 is 1.15. The highest BCUT2D eigenvalue weighted by Gasteiger charge is 2.27. The van der Waals surface area contributed by atoms with E-state index >= 15 is 0 Å². The fourth-order valence-electron chi connectivity index (χ4n) is 4.45. The van der Waals surface area contributed by atoms with Crippen LogP contribution in [0.5, 0.6) is 0 Å². The van der Waals surface area contributed by atoms with Gasteiger partial charge in [0.15, 0.2) is 0 Å². The molecule has 0 saturated heterocycles. The van der Waals surface area contributed by atoms with E-state index in [-0.39, 0.29) is 11.8 Å². The normalized spacial score (nSPS) is 14.2. The number of halogens is 1. The van der Waals surface area contributed by atoms with Crippen molar-refractivity contribution >= 4 is 39.9 Å². The van der Waals surface area contributed by atoms with Gasteiger partial charge in [-0.3, -0.25) is 4.79 Å². The molecule has 1 saturated carbocycles. The van der Waals surface area contributed by atoms with Gasteiger partial charge in [0, 0.05) is 35.0 Å². The molecule has 3 aromatic rings. The van der Waals surface area contributed by atoms with Crippen molar-refractivity contribution in [1.82, 2.24) is 0 Å². The minimum atomic E-state index is 0.149. The lowest BCUT2D eigenvalue weighted by atomic mass is 9.88. The standard InChI is InChI=1S/C28H31IN2O/c1-30(2)26-17-15-23(16-18-26)22-13-11-21(12-14-22)20-31(27-10-6-9-25(29)19-27)28(32)24-7-4-3-5-8-24/h6,9-19,24H,3-5,7-8,20H2,1-2H3. The number of rotatable bonds is 6. The summed E-state index contributed by atoms with van der Waals surface area (Å²) in [6.45, 7) is 0.606. The van der Waals surface area contributed by atoms with E-state index in [9.17, 15) is 4.79 Å². The summed E-state index contributed by atoms with van der Waals surface area (Å²) in [7, 11) is 4.11. The molecule has 0 unspecified atom stereocenters. The Labute approximate surface area is 205 Å². The number of nitrogens with zero attached hydrogens (tertiary/aromatic N) is 2. The zero-order valence-corrected chi connectivity index (χ0v) is 21.1. The highest BCUT2D eigenvalue weighted by Crippen LogP contribution is 2.30. The monoisotopic (exact) mass is 538 g/mol. The molecule has 1 aliphatic rings. The van der Waals surface area contributed by atoms with E-state index in [0.717, 1.165) is 40.5 Å². The molecule has 166 valence electrons. The van der Waals surface area contributed by atoms with Crippen LogP contribution in [0.3, 0.4) is 0 Å². The molecule has 3 aromatic carbocycles.